The van der Waals surface area contributed by atoms with Gasteiger partial charge in [0.15, 0.2) is 4.77 Å². The summed E-state index contributed by atoms with van der Waals surface area (Å²) in [4.78, 5) is 3.03. The number of imidazole rings is 1. The number of aromatic amines is 1. The van der Waals surface area contributed by atoms with Crippen molar-refractivity contribution in [3.05, 3.63) is 58.6 Å². The van der Waals surface area contributed by atoms with Gasteiger partial charge in [0.05, 0.1) is 11.2 Å². The highest BCUT2D eigenvalue weighted by Gasteiger charge is 2.11. The van der Waals surface area contributed by atoms with Gasteiger partial charge < -0.3 is 4.98 Å². The number of nitrogens with one attached hydrogen (secondary N) is 1. The van der Waals surface area contributed by atoms with E-state index in [1.807, 2.05) is 37.3 Å². The van der Waals surface area contributed by atoms with Gasteiger partial charge in [0.2, 0.25) is 0 Å². The van der Waals surface area contributed by atoms with E-state index < -0.39 is 0 Å². The minimum absolute atomic E-state index is 0.275. The second-order valence-corrected chi connectivity index (χ2v) is 4.57. The maximum absolute atomic E-state index is 14.0. The zero-order chi connectivity index (χ0) is 12.7. The highest BCUT2D eigenvalue weighted by Crippen LogP contribution is 2.23. The van der Waals surface area contributed by atoms with Crippen molar-refractivity contribution in [1.29, 1.82) is 0 Å². The lowest BCUT2D eigenvalue weighted by Crippen LogP contribution is -1.98. The predicted octanol–water partition coefficient (Wildman–Crippen LogP) is 4.14. The van der Waals surface area contributed by atoms with E-state index in [1.54, 1.807) is 10.6 Å². The zero-order valence-corrected chi connectivity index (χ0v) is 10.6. The van der Waals surface area contributed by atoms with Gasteiger partial charge in [0.1, 0.15) is 11.3 Å². The Morgan fingerprint density at radius 1 is 1.11 bits per heavy atom. The zero-order valence-electron chi connectivity index (χ0n) is 9.77. The second kappa shape index (κ2) is 4.07. The van der Waals surface area contributed by atoms with Gasteiger partial charge in [-0.15, -0.1) is 0 Å². The van der Waals surface area contributed by atoms with Crippen LogP contribution in [-0.2, 0) is 0 Å². The third kappa shape index (κ3) is 1.57. The Kier molecular flexibility index (Phi) is 2.52. The lowest BCUT2D eigenvalue weighted by atomic mass is 10.2. The summed E-state index contributed by atoms with van der Waals surface area (Å²) in [5.74, 6) is -0.275. The van der Waals surface area contributed by atoms with Gasteiger partial charge in [-0.05, 0) is 42.9 Å². The summed E-state index contributed by atoms with van der Waals surface area (Å²) in [6, 6.07) is 12.7. The first kappa shape index (κ1) is 11.2. The molecule has 0 saturated carbocycles. The van der Waals surface area contributed by atoms with Crippen LogP contribution in [0.15, 0.2) is 42.5 Å². The van der Waals surface area contributed by atoms with Crippen LogP contribution < -0.4 is 0 Å². The fraction of sp³-hybridized carbons (Fsp3) is 0.0714. The van der Waals surface area contributed by atoms with Crippen molar-refractivity contribution < 1.29 is 4.39 Å². The third-order valence-electron chi connectivity index (χ3n) is 3.01. The van der Waals surface area contributed by atoms with Crippen LogP contribution in [0.1, 0.15) is 5.56 Å². The number of aryl methyl sites for hydroxylation is 1. The summed E-state index contributed by atoms with van der Waals surface area (Å²) in [7, 11) is 0. The third-order valence-corrected chi connectivity index (χ3v) is 3.30. The van der Waals surface area contributed by atoms with Crippen molar-refractivity contribution in [3.8, 4) is 5.69 Å². The van der Waals surface area contributed by atoms with Crippen molar-refractivity contribution >= 4 is 23.3 Å². The molecule has 0 aliphatic rings. The Balaban J connectivity index is 2.47. The van der Waals surface area contributed by atoms with Gasteiger partial charge in [-0.25, -0.2) is 4.39 Å². The molecule has 2 aromatic carbocycles. The van der Waals surface area contributed by atoms with E-state index in [2.05, 4.69) is 4.98 Å². The van der Waals surface area contributed by atoms with Crippen LogP contribution in [0.3, 0.4) is 0 Å². The summed E-state index contributed by atoms with van der Waals surface area (Å²) in [6.45, 7) is 1.98. The molecule has 0 spiro atoms. The number of hydrogen-bond donors (Lipinski definition) is 1. The Labute approximate surface area is 109 Å². The number of hydrogen-bond acceptors (Lipinski definition) is 1. The normalized spacial score (nSPS) is 11.0. The molecule has 4 heteroatoms. The molecule has 0 aliphatic heterocycles. The first-order chi connectivity index (χ1) is 8.68. The molecule has 0 fully saturated rings. The smallest absolute Gasteiger partial charge is 0.182 e. The van der Waals surface area contributed by atoms with E-state index in [0.717, 1.165) is 11.3 Å². The summed E-state index contributed by atoms with van der Waals surface area (Å²) >= 11 is 5.29. The quantitative estimate of drug-likeness (QED) is 0.651. The van der Waals surface area contributed by atoms with Crippen LogP contribution in [-0.4, -0.2) is 9.55 Å². The van der Waals surface area contributed by atoms with Crippen LogP contribution in [0.5, 0.6) is 0 Å². The number of H-pyrrole nitrogens is 1. The summed E-state index contributed by atoms with van der Waals surface area (Å²) < 4.78 is 16.2. The van der Waals surface area contributed by atoms with Gasteiger partial charge in [-0.2, -0.15) is 0 Å². The molecule has 18 heavy (non-hydrogen) atoms. The molecule has 3 aromatic rings. The topological polar surface area (TPSA) is 20.7 Å². The van der Waals surface area contributed by atoms with Gasteiger partial charge in [-0.3, -0.25) is 4.57 Å². The standard InChI is InChI=1S/C14H11FN2S/c1-9-5-2-3-8-12(9)17-13-10(15)6-4-7-11(13)16-14(17)18/h2-8H,1H3,(H,16,18). The van der Waals surface area contributed by atoms with Crippen molar-refractivity contribution in [2.45, 2.75) is 6.92 Å². The Morgan fingerprint density at radius 3 is 2.67 bits per heavy atom. The maximum atomic E-state index is 14.0. The molecule has 0 aliphatic carbocycles. The molecule has 3 rings (SSSR count). The lowest BCUT2D eigenvalue weighted by molar-refractivity contribution is 0.634. The van der Waals surface area contributed by atoms with Gasteiger partial charge >= 0.3 is 0 Å². The molecule has 1 heterocycles. The number of halogens is 1. The van der Waals surface area contributed by atoms with E-state index in [1.165, 1.54) is 6.07 Å². The summed E-state index contributed by atoms with van der Waals surface area (Å²) in [6.07, 6.45) is 0. The molecule has 0 bridgehead atoms. The Bertz CT molecular complexity index is 786. The fourth-order valence-corrected chi connectivity index (χ4v) is 2.46. The molecule has 0 saturated heterocycles. The van der Waals surface area contributed by atoms with Gasteiger partial charge in [0, 0.05) is 0 Å². The van der Waals surface area contributed by atoms with E-state index in [9.17, 15) is 4.39 Å². The highest BCUT2D eigenvalue weighted by atomic mass is 32.1. The van der Waals surface area contributed by atoms with Crippen LogP contribution >= 0.6 is 12.2 Å². The van der Waals surface area contributed by atoms with E-state index in [0.29, 0.717) is 15.8 Å². The maximum Gasteiger partial charge on any atom is 0.182 e. The molecule has 0 radical (unpaired) electrons. The predicted molar refractivity (Wildman–Crippen MR) is 73.2 cm³/mol. The average Bonchev–Trinajstić information content (AvgIpc) is 2.68. The molecule has 0 atom stereocenters. The van der Waals surface area contributed by atoms with Crippen LogP contribution in [0.25, 0.3) is 16.7 Å². The van der Waals surface area contributed by atoms with E-state index >= 15 is 0 Å². The summed E-state index contributed by atoms with van der Waals surface area (Å²) in [5, 5.41) is 0. The van der Waals surface area contributed by atoms with Crippen molar-refractivity contribution in [2.24, 2.45) is 0 Å². The number of rotatable bonds is 1. The van der Waals surface area contributed by atoms with Crippen molar-refractivity contribution in [2.75, 3.05) is 0 Å². The van der Waals surface area contributed by atoms with E-state index in [4.69, 9.17) is 12.2 Å². The Morgan fingerprint density at radius 2 is 1.89 bits per heavy atom. The van der Waals surface area contributed by atoms with Crippen LogP contribution in [0.4, 0.5) is 4.39 Å². The number of benzene rings is 2. The highest BCUT2D eigenvalue weighted by molar-refractivity contribution is 7.71. The van der Waals surface area contributed by atoms with Crippen molar-refractivity contribution in [3.63, 3.8) is 0 Å². The molecule has 1 aromatic heterocycles. The van der Waals surface area contributed by atoms with E-state index in [-0.39, 0.29) is 5.82 Å². The molecule has 0 amide bonds. The number of para-hydroxylation sites is 2. The monoisotopic (exact) mass is 258 g/mol. The number of nitrogens with zero attached hydrogens (tertiary/aromatic N) is 1. The first-order valence-corrected chi connectivity index (χ1v) is 6.04. The SMILES string of the molecule is Cc1ccccc1-n1c(=S)[nH]c2cccc(F)c21. The minimum Gasteiger partial charge on any atom is -0.330 e. The molecule has 90 valence electrons. The second-order valence-electron chi connectivity index (χ2n) is 4.19. The number of aromatic nitrogens is 2. The fourth-order valence-electron chi connectivity index (χ4n) is 2.16. The molecule has 1 N–H and O–H groups in total. The minimum atomic E-state index is -0.275. The summed E-state index contributed by atoms with van der Waals surface area (Å²) in [5.41, 5.74) is 3.16. The molecular weight excluding hydrogens is 247 g/mol. The average molecular weight is 258 g/mol. The van der Waals surface area contributed by atoms with Crippen molar-refractivity contribution in [1.82, 2.24) is 9.55 Å². The molecule has 0 unspecified atom stereocenters. The molecular formula is C14H11FN2S. The van der Waals surface area contributed by atoms with Crippen LogP contribution in [0.2, 0.25) is 0 Å². The number of fused-ring (bicyclic) bond motifs is 1. The van der Waals surface area contributed by atoms with Gasteiger partial charge in [0.25, 0.3) is 0 Å². The Hall–Kier alpha value is -1.94. The largest absolute Gasteiger partial charge is 0.330 e. The lowest BCUT2D eigenvalue weighted by Gasteiger charge is -2.08. The molecule has 2 nitrogen and oxygen atoms in total. The first-order valence-electron chi connectivity index (χ1n) is 5.64. The van der Waals surface area contributed by atoms with Gasteiger partial charge in [-0.1, -0.05) is 24.3 Å². The van der Waals surface area contributed by atoms with Crippen LogP contribution in [0, 0.1) is 17.5 Å².